The Kier molecular flexibility index (Phi) is 6.31. The second kappa shape index (κ2) is 7.30. The third-order valence-electron chi connectivity index (χ3n) is 3.91. The molecule has 0 radical (unpaired) electrons. The van der Waals surface area contributed by atoms with Crippen LogP contribution in [0.1, 0.15) is 37.0 Å². The van der Waals surface area contributed by atoms with Gasteiger partial charge >= 0.3 is 0 Å². The first kappa shape index (κ1) is 17.3. The number of carbonyl (C=O) groups excluding carboxylic acids is 1. The molecular weight excluding hydrogens is 295 g/mol. The molecule has 2 rings (SSSR count). The highest BCUT2D eigenvalue weighted by Gasteiger charge is 2.31. The van der Waals surface area contributed by atoms with Crippen LogP contribution in [-0.2, 0) is 0 Å². The summed E-state index contributed by atoms with van der Waals surface area (Å²) in [4.78, 5) is 12.0. The van der Waals surface area contributed by atoms with Gasteiger partial charge in [0.2, 0.25) is 0 Å². The number of hydrogen-bond donors (Lipinski definition) is 2. The van der Waals surface area contributed by atoms with Gasteiger partial charge < -0.3 is 10.6 Å². The minimum Gasteiger partial charge on any atom is -0.350 e. The fourth-order valence-electron chi connectivity index (χ4n) is 2.52. The van der Waals surface area contributed by atoms with Crippen molar-refractivity contribution >= 4 is 29.9 Å². The average Bonchev–Trinajstić information content (AvgIpc) is 2.37. The third-order valence-corrected chi connectivity index (χ3v) is 4.16. The van der Waals surface area contributed by atoms with Gasteiger partial charge in [-0.05, 0) is 49.1 Å². The second-order valence-electron chi connectivity index (χ2n) is 5.82. The molecule has 1 heterocycles. The monoisotopic (exact) mass is 316 g/mol. The molecular formula is C15H22Cl2N2O. The minimum absolute atomic E-state index is 0. The van der Waals surface area contributed by atoms with Crippen LogP contribution in [0.2, 0.25) is 5.02 Å². The highest BCUT2D eigenvalue weighted by Crippen LogP contribution is 2.29. The molecule has 1 aliphatic heterocycles. The summed E-state index contributed by atoms with van der Waals surface area (Å²) in [5, 5.41) is 7.13. The SMILES string of the molecule is CC1(C)CCCNC1CNC(=O)c1ccc(Cl)cc1.Cl. The fourth-order valence-corrected chi connectivity index (χ4v) is 2.64. The lowest BCUT2D eigenvalue weighted by Crippen LogP contribution is -2.52. The van der Waals surface area contributed by atoms with Crippen LogP contribution >= 0.6 is 24.0 Å². The van der Waals surface area contributed by atoms with Crippen molar-refractivity contribution in [2.24, 2.45) is 5.41 Å². The molecule has 1 aromatic rings. The van der Waals surface area contributed by atoms with Crippen molar-refractivity contribution in [2.45, 2.75) is 32.7 Å². The van der Waals surface area contributed by atoms with Crippen LogP contribution in [0.5, 0.6) is 0 Å². The molecule has 112 valence electrons. The maximum Gasteiger partial charge on any atom is 0.251 e. The Hall–Kier alpha value is -0.770. The summed E-state index contributed by atoms with van der Waals surface area (Å²) in [7, 11) is 0. The molecule has 2 N–H and O–H groups in total. The molecule has 3 nitrogen and oxygen atoms in total. The maximum atomic E-state index is 12.0. The summed E-state index contributed by atoms with van der Waals surface area (Å²) < 4.78 is 0. The quantitative estimate of drug-likeness (QED) is 0.898. The molecule has 1 amide bonds. The number of carbonyl (C=O) groups is 1. The number of hydrogen-bond acceptors (Lipinski definition) is 2. The van der Waals surface area contributed by atoms with Gasteiger partial charge in [0, 0.05) is 23.2 Å². The van der Waals surface area contributed by atoms with Crippen molar-refractivity contribution in [3.63, 3.8) is 0 Å². The van der Waals surface area contributed by atoms with Gasteiger partial charge in [0.05, 0.1) is 0 Å². The van der Waals surface area contributed by atoms with E-state index in [4.69, 9.17) is 11.6 Å². The topological polar surface area (TPSA) is 41.1 Å². The van der Waals surface area contributed by atoms with E-state index in [0.29, 0.717) is 23.2 Å². The van der Waals surface area contributed by atoms with Crippen molar-refractivity contribution in [3.8, 4) is 0 Å². The van der Waals surface area contributed by atoms with Crippen molar-refractivity contribution in [1.82, 2.24) is 10.6 Å². The zero-order valence-corrected chi connectivity index (χ0v) is 13.5. The molecule has 1 fully saturated rings. The van der Waals surface area contributed by atoms with Gasteiger partial charge in [-0.15, -0.1) is 12.4 Å². The first-order valence-electron chi connectivity index (χ1n) is 6.76. The van der Waals surface area contributed by atoms with E-state index in [-0.39, 0.29) is 23.7 Å². The first-order chi connectivity index (χ1) is 8.99. The highest BCUT2D eigenvalue weighted by molar-refractivity contribution is 6.30. The molecule has 1 unspecified atom stereocenters. The van der Waals surface area contributed by atoms with Crippen molar-refractivity contribution in [3.05, 3.63) is 34.9 Å². The number of halogens is 2. The Morgan fingerprint density at radius 2 is 2.05 bits per heavy atom. The number of piperidine rings is 1. The number of benzene rings is 1. The third kappa shape index (κ3) is 4.37. The zero-order chi connectivity index (χ0) is 13.9. The summed E-state index contributed by atoms with van der Waals surface area (Å²) in [6.45, 7) is 6.19. The maximum absolute atomic E-state index is 12.0. The van der Waals surface area contributed by atoms with Gasteiger partial charge in [-0.1, -0.05) is 25.4 Å². The number of amides is 1. The lowest BCUT2D eigenvalue weighted by molar-refractivity contribution is 0.0929. The minimum atomic E-state index is -0.0418. The fraction of sp³-hybridized carbons (Fsp3) is 0.533. The van der Waals surface area contributed by atoms with E-state index >= 15 is 0 Å². The molecule has 0 bridgehead atoms. The van der Waals surface area contributed by atoms with Crippen LogP contribution < -0.4 is 10.6 Å². The Balaban J connectivity index is 0.00000200. The Bertz CT molecular complexity index is 446. The zero-order valence-electron chi connectivity index (χ0n) is 11.9. The van der Waals surface area contributed by atoms with Gasteiger partial charge in [-0.25, -0.2) is 0 Å². The van der Waals surface area contributed by atoms with Crippen LogP contribution in [0.4, 0.5) is 0 Å². The first-order valence-corrected chi connectivity index (χ1v) is 7.14. The van der Waals surface area contributed by atoms with Crippen LogP contribution in [0.25, 0.3) is 0 Å². The van der Waals surface area contributed by atoms with Crippen LogP contribution in [-0.4, -0.2) is 25.0 Å². The highest BCUT2D eigenvalue weighted by atomic mass is 35.5. The van der Waals surface area contributed by atoms with Crippen molar-refractivity contribution in [1.29, 1.82) is 0 Å². The van der Waals surface area contributed by atoms with Gasteiger partial charge in [0.1, 0.15) is 0 Å². The molecule has 0 aliphatic carbocycles. The van der Waals surface area contributed by atoms with E-state index in [9.17, 15) is 4.79 Å². The Labute approximate surface area is 131 Å². The average molecular weight is 317 g/mol. The van der Waals surface area contributed by atoms with Gasteiger partial charge in [0.25, 0.3) is 5.91 Å². The van der Waals surface area contributed by atoms with E-state index in [0.717, 1.165) is 6.54 Å². The smallest absolute Gasteiger partial charge is 0.251 e. The van der Waals surface area contributed by atoms with E-state index in [1.165, 1.54) is 12.8 Å². The van der Waals surface area contributed by atoms with Gasteiger partial charge in [0.15, 0.2) is 0 Å². The molecule has 5 heteroatoms. The van der Waals surface area contributed by atoms with E-state index in [2.05, 4.69) is 24.5 Å². The number of rotatable bonds is 3. The largest absolute Gasteiger partial charge is 0.350 e. The van der Waals surface area contributed by atoms with Gasteiger partial charge in [-0.3, -0.25) is 4.79 Å². The van der Waals surface area contributed by atoms with Crippen molar-refractivity contribution < 1.29 is 4.79 Å². The second-order valence-corrected chi connectivity index (χ2v) is 6.25. The molecule has 20 heavy (non-hydrogen) atoms. The van der Waals surface area contributed by atoms with Crippen LogP contribution in [0, 0.1) is 5.41 Å². The van der Waals surface area contributed by atoms with E-state index in [1.54, 1.807) is 24.3 Å². The predicted octanol–water partition coefficient (Wildman–Crippen LogP) is 3.27. The van der Waals surface area contributed by atoms with Crippen molar-refractivity contribution in [2.75, 3.05) is 13.1 Å². The standard InChI is InChI=1S/C15H21ClN2O.ClH/c1-15(2)8-3-9-17-13(15)10-18-14(19)11-4-6-12(16)7-5-11;/h4-7,13,17H,3,8-10H2,1-2H3,(H,18,19);1H. The predicted molar refractivity (Wildman–Crippen MR) is 85.8 cm³/mol. The Morgan fingerprint density at radius 1 is 1.40 bits per heavy atom. The summed E-state index contributed by atoms with van der Waals surface area (Å²) >= 11 is 5.81. The molecule has 1 atom stereocenters. The lowest BCUT2D eigenvalue weighted by Gasteiger charge is -2.39. The summed E-state index contributed by atoms with van der Waals surface area (Å²) in [6, 6.07) is 7.30. The molecule has 1 saturated heterocycles. The summed E-state index contributed by atoms with van der Waals surface area (Å²) in [5.41, 5.74) is 0.879. The summed E-state index contributed by atoms with van der Waals surface area (Å²) in [5.74, 6) is -0.0418. The summed E-state index contributed by atoms with van der Waals surface area (Å²) in [6.07, 6.45) is 2.40. The molecule has 0 aromatic heterocycles. The van der Waals surface area contributed by atoms with E-state index < -0.39 is 0 Å². The molecule has 1 aromatic carbocycles. The lowest BCUT2D eigenvalue weighted by atomic mass is 9.77. The van der Waals surface area contributed by atoms with Crippen LogP contribution in [0.3, 0.4) is 0 Å². The normalized spacial score (nSPS) is 20.9. The Morgan fingerprint density at radius 3 is 2.65 bits per heavy atom. The van der Waals surface area contributed by atoms with E-state index in [1.807, 2.05) is 0 Å². The van der Waals surface area contributed by atoms with Gasteiger partial charge in [-0.2, -0.15) is 0 Å². The molecule has 0 saturated carbocycles. The number of nitrogens with one attached hydrogen (secondary N) is 2. The molecule has 1 aliphatic rings. The molecule has 0 spiro atoms. The van der Waals surface area contributed by atoms with Crippen LogP contribution in [0.15, 0.2) is 24.3 Å².